The van der Waals surface area contributed by atoms with Gasteiger partial charge in [-0.05, 0) is 45.0 Å². The van der Waals surface area contributed by atoms with Crippen LogP contribution >= 0.6 is 43.2 Å². The summed E-state index contributed by atoms with van der Waals surface area (Å²) >= 11 is 8.31. The Hall–Kier alpha value is -0.500. The molecule has 0 bridgehead atoms. The van der Waals surface area contributed by atoms with Crippen molar-refractivity contribution in [1.82, 2.24) is 14.5 Å². The van der Waals surface area contributed by atoms with Gasteiger partial charge in [-0.15, -0.1) is 11.3 Å². The first-order valence-electron chi connectivity index (χ1n) is 5.60. The molecule has 2 heterocycles. The van der Waals surface area contributed by atoms with Gasteiger partial charge in [0.1, 0.15) is 5.82 Å². The van der Waals surface area contributed by atoms with Crippen molar-refractivity contribution < 1.29 is 4.79 Å². The van der Waals surface area contributed by atoms with Gasteiger partial charge >= 0.3 is 0 Å². The molecule has 0 N–H and O–H groups in total. The standard InChI is InChI=1S/C12H13Br2N3OS/c1-16(7-11-15-3-4-17(11)2)6-9(18)8-5-10(13)19-12(8)14/h3-5H,6-7H2,1-2H3. The molecule has 102 valence electrons. The summed E-state index contributed by atoms with van der Waals surface area (Å²) in [6.45, 7) is 1.02. The highest BCUT2D eigenvalue weighted by Crippen LogP contribution is 2.32. The second kappa shape index (κ2) is 6.30. The van der Waals surface area contributed by atoms with Crippen molar-refractivity contribution in [2.45, 2.75) is 6.54 Å². The summed E-state index contributed by atoms with van der Waals surface area (Å²) in [4.78, 5) is 18.4. The number of likely N-dealkylation sites (N-methyl/N-ethyl adjacent to an activating group) is 1. The number of thiophene rings is 1. The quantitative estimate of drug-likeness (QED) is 0.714. The second-order valence-electron chi connectivity index (χ2n) is 4.29. The molecule has 2 aromatic rings. The van der Waals surface area contributed by atoms with Crippen LogP contribution in [0.25, 0.3) is 0 Å². The third kappa shape index (κ3) is 3.75. The molecular formula is C12H13Br2N3OS. The molecule has 0 saturated carbocycles. The minimum atomic E-state index is 0.102. The summed E-state index contributed by atoms with van der Waals surface area (Å²) in [6, 6.07) is 1.85. The number of aryl methyl sites for hydroxylation is 1. The summed E-state index contributed by atoms with van der Waals surface area (Å²) in [5, 5.41) is 0. The van der Waals surface area contributed by atoms with Crippen LogP contribution in [0.15, 0.2) is 26.0 Å². The van der Waals surface area contributed by atoms with Gasteiger partial charge in [0.05, 0.1) is 20.7 Å². The topological polar surface area (TPSA) is 38.1 Å². The highest BCUT2D eigenvalue weighted by atomic mass is 79.9. The average Bonchev–Trinajstić information content (AvgIpc) is 2.85. The fourth-order valence-corrected chi connectivity index (χ4v) is 4.56. The maximum atomic E-state index is 12.2. The monoisotopic (exact) mass is 405 g/mol. The Morgan fingerprint density at radius 2 is 2.26 bits per heavy atom. The number of imidazole rings is 1. The molecule has 0 amide bonds. The zero-order valence-corrected chi connectivity index (χ0v) is 14.5. The molecule has 0 aliphatic rings. The normalized spacial score (nSPS) is 11.2. The Balaban J connectivity index is 1.99. The van der Waals surface area contributed by atoms with E-state index in [1.54, 1.807) is 6.20 Å². The van der Waals surface area contributed by atoms with Crippen LogP contribution in [-0.2, 0) is 13.6 Å². The van der Waals surface area contributed by atoms with Crippen LogP contribution in [0.1, 0.15) is 16.2 Å². The number of carbonyl (C=O) groups is 1. The van der Waals surface area contributed by atoms with Crippen molar-refractivity contribution >= 4 is 49.0 Å². The molecule has 0 spiro atoms. The minimum absolute atomic E-state index is 0.102. The SMILES string of the molecule is CN(CC(=O)c1cc(Br)sc1Br)Cc1nccn1C. The Kier molecular flexibility index (Phi) is 4.94. The lowest BCUT2D eigenvalue weighted by molar-refractivity contribution is 0.0941. The molecule has 4 nitrogen and oxygen atoms in total. The van der Waals surface area contributed by atoms with Crippen LogP contribution in [0.3, 0.4) is 0 Å². The fourth-order valence-electron chi connectivity index (χ4n) is 1.71. The molecule has 0 unspecified atom stereocenters. The number of carbonyl (C=O) groups excluding carboxylic acids is 1. The van der Waals surface area contributed by atoms with E-state index >= 15 is 0 Å². The minimum Gasteiger partial charge on any atom is -0.337 e. The number of hydrogen-bond acceptors (Lipinski definition) is 4. The van der Waals surface area contributed by atoms with E-state index in [4.69, 9.17) is 0 Å². The van der Waals surface area contributed by atoms with E-state index in [1.807, 2.05) is 35.8 Å². The van der Waals surface area contributed by atoms with Crippen LogP contribution in [0.5, 0.6) is 0 Å². The van der Waals surface area contributed by atoms with Gasteiger partial charge < -0.3 is 4.57 Å². The zero-order valence-electron chi connectivity index (χ0n) is 10.6. The van der Waals surface area contributed by atoms with Gasteiger partial charge in [-0.3, -0.25) is 9.69 Å². The van der Waals surface area contributed by atoms with Crippen molar-refractivity contribution in [1.29, 1.82) is 0 Å². The lowest BCUT2D eigenvalue weighted by atomic mass is 10.2. The lowest BCUT2D eigenvalue weighted by Gasteiger charge is -2.15. The largest absolute Gasteiger partial charge is 0.337 e. The maximum absolute atomic E-state index is 12.2. The first-order chi connectivity index (χ1) is 8.97. The summed E-state index contributed by atoms with van der Waals surface area (Å²) in [7, 11) is 3.87. The first-order valence-corrected chi connectivity index (χ1v) is 8.00. The first kappa shape index (κ1) is 14.9. The summed E-state index contributed by atoms with van der Waals surface area (Å²) < 4.78 is 3.78. The molecule has 0 saturated heterocycles. The number of aromatic nitrogens is 2. The number of halogens is 2. The van der Waals surface area contributed by atoms with Crippen molar-refractivity contribution in [2.24, 2.45) is 7.05 Å². The predicted molar refractivity (Wildman–Crippen MR) is 83.6 cm³/mol. The van der Waals surface area contributed by atoms with Crippen LogP contribution < -0.4 is 0 Å². The molecule has 0 aliphatic carbocycles. The van der Waals surface area contributed by atoms with Gasteiger partial charge in [0.25, 0.3) is 0 Å². The van der Waals surface area contributed by atoms with Gasteiger partial charge in [0.2, 0.25) is 0 Å². The summed E-state index contributed by atoms with van der Waals surface area (Å²) in [5.41, 5.74) is 0.726. The van der Waals surface area contributed by atoms with Crippen LogP contribution in [0, 0.1) is 0 Å². The number of rotatable bonds is 5. The second-order valence-corrected chi connectivity index (χ2v) is 8.04. The molecule has 2 rings (SSSR count). The van der Waals surface area contributed by atoms with E-state index in [0.717, 1.165) is 19.0 Å². The third-order valence-corrected chi connectivity index (χ3v) is 5.04. The number of hydrogen-bond donors (Lipinski definition) is 0. The summed E-state index contributed by atoms with van der Waals surface area (Å²) in [5.74, 6) is 1.05. The number of Topliss-reactive ketones (excluding diaryl/α,β-unsaturated/α-hetero) is 1. The molecule has 0 fully saturated rings. The van der Waals surface area contributed by atoms with E-state index in [1.165, 1.54) is 11.3 Å². The lowest BCUT2D eigenvalue weighted by Crippen LogP contribution is -2.26. The molecule has 7 heteroatoms. The fraction of sp³-hybridized carbons (Fsp3) is 0.333. The van der Waals surface area contributed by atoms with E-state index in [2.05, 4.69) is 36.8 Å². The molecule has 19 heavy (non-hydrogen) atoms. The highest BCUT2D eigenvalue weighted by Gasteiger charge is 2.16. The zero-order chi connectivity index (χ0) is 14.0. The van der Waals surface area contributed by atoms with Gasteiger partial charge in [-0.25, -0.2) is 4.98 Å². The van der Waals surface area contributed by atoms with Crippen molar-refractivity contribution in [3.8, 4) is 0 Å². The average molecular weight is 407 g/mol. The van der Waals surface area contributed by atoms with Gasteiger partial charge in [0, 0.05) is 25.0 Å². The Bertz CT molecular complexity index is 594. The molecule has 2 aromatic heterocycles. The van der Waals surface area contributed by atoms with E-state index in [0.29, 0.717) is 13.1 Å². The van der Waals surface area contributed by atoms with Crippen LogP contribution in [0.4, 0.5) is 0 Å². The van der Waals surface area contributed by atoms with Crippen molar-refractivity contribution in [3.63, 3.8) is 0 Å². The van der Waals surface area contributed by atoms with Crippen molar-refractivity contribution in [3.05, 3.63) is 37.4 Å². The summed E-state index contributed by atoms with van der Waals surface area (Å²) in [6.07, 6.45) is 3.66. The maximum Gasteiger partial charge on any atom is 0.178 e. The molecule has 0 atom stereocenters. The van der Waals surface area contributed by atoms with Crippen LogP contribution in [0.2, 0.25) is 0 Å². The Morgan fingerprint density at radius 3 is 2.79 bits per heavy atom. The van der Waals surface area contributed by atoms with E-state index in [9.17, 15) is 4.79 Å². The van der Waals surface area contributed by atoms with Crippen molar-refractivity contribution in [2.75, 3.05) is 13.6 Å². The highest BCUT2D eigenvalue weighted by molar-refractivity contribution is 9.12. The molecule has 0 radical (unpaired) electrons. The molecular weight excluding hydrogens is 394 g/mol. The Morgan fingerprint density at radius 1 is 1.53 bits per heavy atom. The van der Waals surface area contributed by atoms with Crippen LogP contribution in [-0.4, -0.2) is 33.8 Å². The smallest absolute Gasteiger partial charge is 0.178 e. The molecule has 0 aliphatic heterocycles. The van der Waals surface area contributed by atoms with Gasteiger partial charge in [-0.1, -0.05) is 0 Å². The van der Waals surface area contributed by atoms with E-state index < -0.39 is 0 Å². The molecule has 0 aromatic carbocycles. The number of ketones is 1. The number of nitrogens with zero attached hydrogens (tertiary/aromatic N) is 3. The predicted octanol–water partition coefficient (Wildman–Crippen LogP) is 3.32. The third-order valence-electron chi connectivity index (χ3n) is 2.70. The van der Waals surface area contributed by atoms with E-state index in [-0.39, 0.29) is 5.78 Å². The Labute approximate surface area is 132 Å². The van der Waals surface area contributed by atoms with Gasteiger partial charge in [-0.2, -0.15) is 0 Å². The van der Waals surface area contributed by atoms with Gasteiger partial charge in [0.15, 0.2) is 5.78 Å².